The fourth-order valence-corrected chi connectivity index (χ4v) is 2.87. The Morgan fingerprint density at radius 2 is 1.62 bits per heavy atom. The van der Waals surface area contributed by atoms with Crippen molar-refractivity contribution in [3.05, 3.63) is 41.0 Å². The second kappa shape index (κ2) is 6.25. The molecule has 1 aliphatic rings. The van der Waals surface area contributed by atoms with E-state index in [0.29, 0.717) is 23.5 Å². The van der Waals surface area contributed by atoms with E-state index in [2.05, 4.69) is 20.8 Å². The number of hydrogen-bond donors (Lipinski definition) is 1. The molecule has 3 heteroatoms. The first-order valence-corrected chi connectivity index (χ1v) is 7.57. The van der Waals surface area contributed by atoms with Crippen molar-refractivity contribution >= 4 is 17.3 Å². The predicted octanol–water partition coefficient (Wildman–Crippen LogP) is 4.18. The summed E-state index contributed by atoms with van der Waals surface area (Å²) in [7, 11) is 0. The third-order valence-corrected chi connectivity index (χ3v) is 4.43. The van der Waals surface area contributed by atoms with Crippen molar-refractivity contribution in [1.29, 1.82) is 0 Å². The summed E-state index contributed by atoms with van der Waals surface area (Å²) >= 11 is 0. The number of Topliss-reactive ketones (excluding diaryl/α,β-unsaturated/α-hetero) is 2. The van der Waals surface area contributed by atoms with Crippen LogP contribution in [0.4, 0.5) is 0 Å². The average Bonchev–Trinajstić information content (AvgIpc) is 2.49. The number of carbonyl (C=O) groups excluding carboxylic acids is 2. The van der Waals surface area contributed by atoms with Crippen molar-refractivity contribution in [2.24, 2.45) is 11.8 Å². The molecule has 1 N–H and O–H groups in total. The van der Waals surface area contributed by atoms with Crippen LogP contribution in [0.25, 0.3) is 5.76 Å². The summed E-state index contributed by atoms with van der Waals surface area (Å²) in [6.07, 6.45) is 2.62. The molecule has 0 spiro atoms. The second-order valence-corrected chi connectivity index (χ2v) is 5.98. The number of fused-ring (bicyclic) bond motifs is 1. The Morgan fingerprint density at radius 3 is 2.24 bits per heavy atom. The van der Waals surface area contributed by atoms with E-state index in [1.165, 1.54) is 0 Å². The Hall–Kier alpha value is -1.90. The van der Waals surface area contributed by atoms with Gasteiger partial charge in [0.05, 0.1) is 0 Å². The van der Waals surface area contributed by atoms with Crippen molar-refractivity contribution < 1.29 is 14.7 Å². The minimum absolute atomic E-state index is 0.0225. The summed E-state index contributed by atoms with van der Waals surface area (Å²) in [5.41, 5.74) is 1.06. The van der Waals surface area contributed by atoms with Crippen LogP contribution in [-0.4, -0.2) is 16.7 Å². The van der Waals surface area contributed by atoms with Crippen LogP contribution in [0.5, 0.6) is 0 Å². The fraction of sp³-hybridized carbons (Fsp3) is 0.444. The van der Waals surface area contributed by atoms with Crippen LogP contribution in [0.1, 0.15) is 56.0 Å². The minimum Gasteiger partial charge on any atom is -0.507 e. The van der Waals surface area contributed by atoms with E-state index in [9.17, 15) is 14.7 Å². The summed E-state index contributed by atoms with van der Waals surface area (Å²) in [6.45, 7) is 6.35. The molecular weight excluding hydrogens is 264 g/mol. The van der Waals surface area contributed by atoms with E-state index >= 15 is 0 Å². The molecule has 21 heavy (non-hydrogen) atoms. The zero-order valence-corrected chi connectivity index (χ0v) is 12.8. The summed E-state index contributed by atoms with van der Waals surface area (Å²) in [4.78, 5) is 24.4. The monoisotopic (exact) mass is 286 g/mol. The van der Waals surface area contributed by atoms with Crippen molar-refractivity contribution in [2.45, 2.75) is 40.0 Å². The highest BCUT2D eigenvalue weighted by atomic mass is 16.3. The molecule has 0 aromatic heterocycles. The van der Waals surface area contributed by atoms with Gasteiger partial charge in [0.1, 0.15) is 5.76 Å². The number of aliphatic hydroxyl groups excluding tert-OH is 1. The van der Waals surface area contributed by atoms with Crippen molar-refractivity contribution in [3.8, 4) is 0 Å². The molecule has 0 amide bonds. The molecular formula is C18H22O3. The molecule has 0 aliphatic heterocycles. The van der Waals surface area contributed by atoms with E-state index in [1.807, 2.05) is 0 Å². The van der Waals surface area contributed by atoms with Gasteiger partial charge in [0.15, 0.2) is 0 Å². The maximum Gasteiger partial charge on any atom is 0.234 e. The number of rotatable bonds is 5. The third-order valence-electron chi connectivity index (χ3n) is 4.43. The largest absolute Gasteiger partial charge is 0.507 e. The predicted molar refractivity (Wildman–Crippen MR) is 83.2 cm³/mol. The Labute approximate surface area is 125 Å². The van der Waals surface area contributed by atoms with Gasteiger partial charge in [-0.2, -0.15) is 0 Å². The molecule has 0 bridgehead atoms. The van der Waals surface area contributed by atoms with Crippen LogP contribution < -0.4 is 0 Å². The Bertz CT molecular complexity index is 598. The Morgan fingerprint density at radius 1 is 1.00 bits per heavy atom. The molecule has 1 aliphatic carbocycles. The van der Waals surface area contributed by atoms with Gasteiger partial charge in [0.25, 0.3) is 0 Å². The van der Waals surface area contributed by atoms with E-state index in [4.69, 9.17) is 0 Å². The molecule has 2 unspecified atom stereocenters. The zero-order valence-electron chi connectivity index (χ0n) is 12.8. The molecule has 3 nitrogen and oxygen atoms in total. The van der Waals surface area contributed by atoms with E-state index in [1.54, 1.807) is 24.3 Å². The molecule has 0 heterocycles. The zero-order chi connectivity index (χ0) is 15.6. The quantitative estimate of drug-likeness (QED) is 0.826. The number of hydrogen-bond acceptors (Lipinski definition) is 3. The lowest BCUT2D eigenvalue weighted by Crippen LogP contribution is -2.26. The van der Waals surface area contributed by atoms with Gasteiger partial charge < -0.3 is 5.11 Å². The van der Waals surface area contributed by atoms with Crippen molar-refractivity contribution in [1.82, 2.24) is 0 Å². The number of benzene rings is 1. The van der Waals surface area contributed by atoms with Gasteiger partial charge in [-0.15, -0.1) is 0 Å². The molecule has 1 aromatic carbocycles. The highest BCUT2D eigenvalue weighted by Crippen LogP contribution is 2.33. The van der Waals surface area contributed by atoms with Crippen LogP contribution in [0.3, 0.4) is 0 Å². The van der Waals surface area contributed by atoms with E-state index < -0.39 is 11.6 Å². The molecule has 0 saturated carbocycles. The van der Waals surface area contributed by atoms with Gasteiger partial charge in [-0.3, -0.25) is 9.59 Å². The van der Waals surface area contributed by atoms with Gasteiger partial charge in [-0.05, 0) is 18.3 Å². The van der Waals surface area contributed by atoms with Crippen LogP contribution in [0, 0.1) is 11.8 Å². The lowest BCUT2D eigenvalue weighted by atomic mass is 9.80. The maximum absolute atomic E-state index is 12.2. The van der Waals surface area contributed by atoms with Crippen molar-refractivity contribution in [3.63, 3.8) is 0 Å². The highest BCUT2D eigenvalue weighted by molar-refractivity contribution is 6.52. The minimum atomic E-state index is -0.554. The highest BCUT2D eigenvalue weighted by Gasteiger charge is 2.33. The van der Waals surface area contributed by atoms with Gasteiger partial charge in [0, 0.05) is 16.7 Å². The number of ketones is 2. The topological polar surface area (TPSA) is 54.4 Å². The summed E-state index contributed by atoms with van der Waals surface area (Å²) in [5.74, 6) is -0.374. The SMILES string of the molecule is CCCC(C)C(C)CC1=C(O)c2ccccc2C(=O)C1=O. The molecule has 112 valence electrons. The van der Waals surface area contributed by atoms with Gasteiger partial charge >= 0.3 is 0 Å². The third kappa shape index (κ3) is 2.92. The lowest BCUT2D eigenvalue weighted by molar-refractivity contribution is -0.112. The molecule has 2 atom stereocenters. The summed E-state index contributed by atoms with van der Waals surface area (Å²) in [6, 6.07) is 6.74. The average molecular weight is 286 g/mol. The molecule has 1 aromatic rings. The van der Waals surface area contributed by atoms with Crippen LogP contribution in [0.2, 0.25) is 0 Å². The standard InChI is InChI=1S/C18H22O3/c1-4-7-11(2)12(3)10-15-16(19)13-8-5-6-9-14(13)17(20)18(15)21/h5-6,8-9,11-12,19H,4,7,10H2,1-3H3. The fourth-order valence-electron chi connectivity index (χ4n) is 2.87. The number of carbonyl (C=O) groups is 2. The smallest absolute Gasteiger partial charge is 0.234 e. The lowest BCUT2D eigenvalue weighted by Gasteiger charge is -2.23. The van der Waals surface area contributed by atoms with Gasteiger partial charge in [-0.25, -0.2) is 0 Å². The van der Waals surface area contributed by atoms with Crippen LogP contribution >= 0.6 is 0 Å². The first-order chi connectivity index (χ1) is 9.97. The van der Waals surface area contributed by atoms with Crippen molar-refractivity contribution in [2.75, 3.05) is 0 Å². The Balaban J connectivity index is 2.34. The van der Waals surface area contributed by atoms with Gasteiger partial charge in [0.2, 0.25) is 11.6 Å². The summed E-state index contributed by atoms with van der Waals surface area (Å²) < 4.78 is 0. The second-order valence-electron chi connectivity index (χ2n) is 5.98. The first kappa shape index (κ1) is 15.5. The summed E-state index contributed by atoms with van der Waals surface area (Å²) in [5, 5.41) is 10.4. The van der Waals surface area contributed by atoms with Gasteiger partial charge in [-0.1, -0.05) is 57.9 Å². The normalized spacial score (nSPS) is 17.7. The molecule has 0 fully saturated rings. The molecule has 0 radical (unpaired) electrons. The van der Waals surface area contributed by atoms with Crippen LogP contribution in [0.15, 0.2) is 29.8 Å². The Kier molecular flexibility index (Phi) is 4.61. The number of aliphatic hydroxyl groups is 1. The van der Waals surface area contributed by atoms with E-state index in [0.717, 1.165) is 12.8 Å². The number of allylic oxidation sites excluding steroid dienone is 1. The first-order valence-electron chi connectivity index (χ1n) is 7.57. The molecule has 0 saturated heterocycles. The van der Waals surface area contributed by atoms with E-state index in [-0.39, 0.29) is 17.3 Å². The molecule has 2 rings (SSSR count). The van der Waals surface area contributed by atoms with Crippen LogP contribution in [-0.2, 0) is 4.79 Å². The maximum atomic E-state index is 12.2.